The highest BCUT2D eigenvalue weighted by molar-refractivity contribution is 5.77. The molecule has 0 aromatic carbocycles. The third-order valence-corrected chi connectivity index (χ3v) is 4.02. The van der Waals surface area contributed by atoms with Gasteiger partial charge >= 0.3 is 0 Å². The Morgan fingerprint density at radius 1 is 1.35 bits per heavy atom. The quantitative estimate of drug-likeness (QED) is 0.660. The molecule has 0 aromatic heterocycles. The number of amides is 1. The van der Waals surface area contributed by atoms with E-state index >= 15 is 0 Å². The number of hydrogen-bond donors (Lipinski definition) is 1. The predicted molar refractivity (Wildman–Crippen MR) is 93.5 cm³/mol. The first-order valence-corrected chi connectivity index (χ1v) is 8.97. The third kappa shape index (κ3) is 9.95. The summed E-state index contributed by atoms with van der Waals surface area (Å²) in [7, 11) is 0. The maximum absolute atomic E-state index is 11.6. The van der Waals surface area contributed by atoms with Crippen molar-refractivity contribution in [3.63, 3.8) is 0 Å². The molecule has 1 amide bonds. The highest BCUT2D eigenvalue weighted by atomic mass is 16.5. The summed E-state index contributed by atoms with van der Waals surface area (Å²) >= 11 is 0. The van der Waals surface area contributed by atoms with Gasteiger partial charge in [0.05, 0.1) is 19.3 Å². The average molecular weight is 328 g/mol. The first-order chi connectivity index (χ1) is 10.8. The van der Waals surface area contributed by atoms with Crippen LogP contribution in [-0.2, 0) is 14.3 Å². The second kappa shape index (κ2) is 10.3. The van der Waals surface area contributed by atoms with Crippen LogP contribution in [0.1, 0.15) is 47.5 Å². The molecule has 0 radical (unpaired) electrons. The van der Waals surface area contributed by atoms with Crippen LogP contribution in [0, 0.1) is 11.3 Å². The van der Waals surface area contributed by atoms with E-state index in [9.17, 15) is 4.79 Å². The van der Waals surface area contributed by atoms with Crippen molar-refractivity contribution in [2.45, 2.75) is 53.6 Å². The molecule has 23 heavy (non-hydrogen) atoms. The Bertz CT molecular complexity index is 340. The fraction of sp³-hybridized carbons (Fsp3) is 0.944. The fourth-order valence-corrected chi connectivity index (χ4v) is 2.53. The van der Waals surface area contributed by atoms with Crippen LogP contribution in [0.25, 0.3) is 0 Å². The zero-order valence-electron chi connectivity index (χ0n) is 15.7. The summed E-state index contributed by atoms with van der Waals surface area (Å²) in [4.78, 5) is 14.0. The van der Waals surface area contributed by atoms with Gasteiger partial charge in [-0.3, -0.25) is 9.69 Å². The van der Waals surface area contributed by atoms with Crippen LogP contribution in [0.4, 0.5) is 0 Å². The van der Waals surface area contributed by atoms with E-state index in [1.165, 1.54) is 6.42 Å². The van der Waals surface area contributed by atoms with Gasteiger partial charge in [0.2, 0.25) is 5.91 Å². The molecule has 0 aromatic rings. The van der Waals surface area contributed by atoms with Crippen LogP contribution in [0.5, 0.6) is 0 Å². The number of ether oxygens (including phenoxy) is 2. The molecule has 1 fully saturated rings. The lowest BCUT2D eigenvalue weighted by Crippen LogP contribution is -2.48. The van der Waals surface area contributed by atoms with Gasteiger partial charge in [0.25, 0.3) is 0 Å². The van der Waals surface area contributed by atoms with E-state index in [1.807, 2.05) is 13.8 Å². The lowest BCUT2D eigenvalue weighted by Gasteiger charge is -2.33. The number of rotatable bonds is 9. The average Bonchev–Trinajstić information content (AvgIpc) is 2.47. The largest absolute Gasteiger partial charge is 0.380 e. The second-order valence-electron chi connectivity index (χ2n) is 7.97. The van der Waals surface area contributed by atoms with Gasteiger partial charge in [0.1, 0.15) is 0 Å². The summed E-state index contributed by atoms with van der Waals surface area (Å²) in [5.74, 6) is 0.115. The molecule has 1 heterocycles. The normalized spacial score (nSPS) is 20.0. The van der Waals surface area contributed by atoms with Gasteiger partial charge in [0, 0.05) is 38.7 Å². The van der Waals surface area contributed by atoms with Crippen LogP contribution in [0.2, 0.25) is 0 Å². The maximum Gasteiger partial charge on any atom is 0.222 e. The molecule has 1 atom stereocenters. The molecule has 1 rings (SSSR count). The molecule has 136 valence electrons. The minimum Gasteiger partial charge on any atom is -0.380 e. The zero-order chi connectivity index (χ0) is 17.3. The Balaban J connectivity index is 2.10. The molecule has 5 heteroatoms. The maximum atomic E-state index is 11.6. The third-order valence-electron chi connectivity index (χ3n) is 4.02. The lowest BCUT2D eigenvalue weighted by molar-refractivity contribution is -0.125. The molecule has 5 nitrogen and oxygen atoms in total. The Labute approximate surface area is 142 Å². The van der Waals surface area contributed by atoms with E-state index in [0.717, 1.165) is 45.9 Å². The molecule has 0 aliphatic carbocycles. The highest BCUT2D eigenvalue weighted by Gasteiger charge is 2.21. The van der Waals surface area contributed by atoms with Gasteiger partial charge in [-0.05, 0) is 18.3 Å². The molecule has 1 aliphatic heterocycles. The molecular weight excluding hydrogens is 292 g/mol. The molecule has 0 spiro atoms. The van der Waals surface area contributed by atoms with Crippen LogP contribution < -0.4 is 5.32 Å². The Morgan fingerprint density at radius 2 is 2.09 bits per heavy atom. The van der Waals surface area contributed by atoms with E-state index in [2.05, 4.69) is 31.0 Å². The number of carbonyl (C=O) groups excluding carboxylic acids is 1. The molecule has 1 saturated heterocycles. The van der Waals surface area contributed by atoms with Gasteiger partial charge < -0.3 is 14.8 Å². The van der Waals surface area contributed by atoms with Crippen molar-refractivity contribution in [3.05, 3.63) is 0 Å². The molecule has 1 aliphatic rings. The van der Waals surface area contributed by atoms with Gasteiger partial charge in [-0.15, -0.1) is 0 Å². The highest BCUT2D eigenvalue weighted by Crippen LogP contribution is 2.20. The molecular formula is C18H36N2O3. The topological polar surface area (TPSA) is 50.8 Å². The van der Waals surface area contributed by atoms with Crippen molar-refractivity contribution < 1.29 is 14.3 Å². The number of morpholine rings is 1. The first kappa shape index (κ1) is 20.4. The van der Waals surface area contributed by atoms with E-state index in [1.54, 1.807) is 0 Å². The van der Waals surface area contributed by atoms with Crippen LogP contribution in [-0.4, -0.2) is 62.9 Å². The number of carbonyl (C=O) groups is 1. The number of nitrogens with zero attached hydrogens (tertiary/aromatic N) is 1. The van der Waals surface area contributed by atoms with Crippen molar-refractivity contribution in [2.75, 3.05) is 46.0 Å². The smallest absolute Gasteiger partial charge is 0.222 e. The second-order valence-corrected chi connectivity index (χ2v) is 7.97. The SMILES string of the molecule is CC(C)C(=O)NC[C@@H]1CN(CCOCCCC(C)(C)C)CCO1. The van der Waals surface area contributed by atoms with Gasteiger partial charge in [-0.1, -0.05) is 34.6 Å². The Kier molecular flexibility index (Phi) is 9.10. The molecule has 0 saturated carbocycles. The minimum atomic E-state index is 0.0243. The standard InChI is InChI=1S/C18H36N2O3/c1-15(2)17(21)19-13-16-14-20(9-12-23-16)8-11-22-10-6-7-18(3,4)5/h15-16H,6-14H2,1-5H3,(H,19,21)/t16-/m1/s1. The molecule has 0 bridgehead atoms. The first-order valence-electron chi connectivity index (χ1n) is 8.97. The Morgan fingerprint density at radius 3 is 2.74 bits per heavy atom. The predicted octanol–water partition coefficient (Wildman–Crippen LogP) is 2.30. The van der Waals surface area contributed by atoms with Crippen LogP contribution in [0.15, 0.2) is 0 Å². The van der Waals surface area contributed by atoms with E-state index in [-0.39, 0.29) is 17.9 Å². The van der Waals surface area contributed by atoms with Crippen LogP contribution >= 0.6 is 0 Å². The fourth-order valence-electron chi connectivity index (χ4n) is 2.53. The van der Waals surface area contributed by atoms with E-state index in [4.69, 9.17) is 9.47 Å². The summed E-state index contributed by atoms with van der Waals surface area (Å²) in [6.45, 7) is 16.3. The summed E-state index contributed by atoms with van der Waals surface area (Å²) in [5, 5.41) is 2.95. The van der Waals surface area contributed by atoms with Crippen molar-refractivity contribution in [1.29, 1.82) is 0 Å². The van der Waals surface area contributed by atoms with E-state index < -0.39 is 0 Å². The zero-order valence-corrected chi connectivity index (χ0v) is 15.7. The number of nitrogens with one attached hydrogen (secondary N) is 1. The molecule has 0 unspecified atom stereocenters. The Hall–Kier alpha value is -0.650. The van der Waals surface area contributed by atoms with Crippen molar-refractivity contribution in [3.8, 4) is 0 Å². The summed E-state index contributed by atoms with van der Waals surface area (Å²) in [5.41, 5.74) is 0.390. The van der Waals surface area contributed by atoms with Crippen molar-refractivity contribution >= 4 is 5.91 Å². The number of hydrogen-bond acceptors (Lipinski definition) is 4. The summed E-state index contributed by atoms with van der Waals surface area (Å²) in [6, 6.07) is 0. The summed E-state index contributed by atoms with van der Waals surface area (Å²) < 4.78 is 11.5. The van der Waals surface area contributed by atoms with E-state index in [0.29, 0.717) is 12.0 Å². The van der Waals surface area contributed by atoms with Gasteiger partial charge in [0.15, 0.2) is 0 Å². The van der Waals surface area contributed by atoms with Crippen molar-refractivity contribution in [2.24, 2.45) is 11.3 Å². The molecule has 1 N–H and O–H groups in total. The van der Waals surface area contributed by atoms with Gasteiger partial charge in [-0.25, -0.2) is 0 Å². The minimum absolute atomic E-state index is 0.0243. The van der Waals surface area contributed by atoms with Crippen LogP contribution in [0.3, 0.4) is 0 Å². The monoisotopic (exact) mass is 328 g/mol. The summed E-state index contributed by atoms with van der Waals surface area (Å²) in [6.07, 6.45) is 2.41. The van der Waals surface area contributed by atoms with Crippen molar-refractivity contribution in [1.82, 2.24) is 10.2 Å². The lowest BCUT2D eigenvalue weighted by atomic mass is 9.91. The van der Waals surface area contributed by atoms with Gasteiger partial charge in [-0.2, -0.15) is 0 Å².